The Morgan fingerprint density at radius 2 is 2.05 bits per heavy atom. The fourth-order valence-corrected chi connectivity index (χ4v) is 3.90. The van der Waals surface area contributed by atoms with Crippen LogP contribution in [0.2, 0.25) is 0 Å². The van der Waals surface area contributed by atoms with Crippen molar-refractivity contribution in [3.05, 3.63) is 63.5 Å². The number of carbonyl (C=O) groups is 1. The maximum Gasteiger partial charge on any atom is 0.191 e. The SMILES string of the molecule is O=C(C1=Cc2ccsc2CCC1)c1c[nH]c2ccccc12. The number of carbonyl (C=O) groups excluding carboxylic acids is 1. The van der Waals surface area contributed by atoms with Gasteiger partial charge < -0.3 is 4.98 Å². The Bertz CT molecular complexity index is 853. The van der Waals surface area contributed by atoms with Gasteiger partial charge in [-0.3, -0.25) is 4.79 Å². The van der Waals surface area contributed by atoms with Crippen LogP contribution in [0.1, 0.15) is 33.6 Å². The molecule has 0 bridgehead atoms. The molecular weight excluding hydrogens is 278 g/mol. The molecule has 0 saturated heterocycles. The number of hydrogen-bond acceptors (Lipinski definition) is 2. The largest absolute Gasteiger partial charge is 0.360 e. The number of aryl methyl sites for hydroxylation is 1. The monoisotopic (exact) mass is 293 g/mol. The van der Waals surface area contributed by atoms with Crippen molar-refractivity contribution in [1.82, 2.24) is 4.98 Å². The van der Waals surface area contributed by atoms with E-state index in [1.807, 2.05) is 30.5 Å². The van der Waals surface area contributed by atoms with Crippen LogP contribution >= 0.6 is 11.3 Å². The highest BCUT2D eigenvalue weighted by molar-refractivity contribution is 7.10. The van der Waals surface area contributed by atoms with E-state index in [0.717, 1.165) is 41.3 Å². The van der Waals surface area contributed by atoms with E-state index in [-0.39, 0.29) is 5.78 Å². The van der Waals surface area contributed by atoms with Crippen LogP contribution < -0.4 is 0 Å². The molecular formula is C18H15NOS. The molecule has 1 N–H and O–H groups in total. The molecule has 0 unspecified atom stereocenters. The first-order chi connectivity index (χ1) is 10.3. The van der Waals surface area contributed by atoms with Gasteiger partial charge in [-0.05, 0) is 48.4 Å². The number of allylic oxidation sites excluding steroid dienone is 1. The van der Waals surface area contributed by atoms with Crippen LogP contribution in [0.5, 0.6) is 0 Å². The van der Waals surface area contributed by atoms with Crippen molar-refractivity contribution in [2.24, 2.45) is 0 Å². The first kappa shape index (κ1) is 12.6. The van der Waals surface area contributed by atoms with Gasteiger partial charge in [-0.25, -0.2) is 0 Å². The van der Waals surface area contributed by atoms with Gasteiger partial charge in [-0.15, -0.1) is 11.3 Å². The Labute approximate surface area is 127 Å². The van der Waals surface area contributed by atoms with Gasteiger partial charge in [-0.1, -0.05) is 18.2 Å². The molecule has 0 fully saturated rings. The third-order valence-electron chi connectivity index (χ3n) is 4.09. The second-order valence-electron chi connectivity index (χ2n) is 5.40. The van der Waals surface area contributed by atoms with Crippen LogP contribution in [0.4, 0.5) is 0 Å². The number of Topliss-reactive ketones (excluding diaryl/α,β-unsaturated/α-hetero) is 1. The third-order valence-corrected chi connectivity index (χ3v) is 5.08. The van der Waals surface area contributed by atoms with Crippen molar-refractivity contribution in [3.8, 4) is 0 Å². The lowest BCUT2D eigenvalue weighted by Crippen LogP contribution is -2.02. The Morgan fingerprint density at radius 3 is 3.00 bits per heavy atom. The number of thiophene rings is 1. The number of aromatic amines is 1. The fraction of sp³-hybridized carbons (Fsp3) is 0.167. The highest BCUT2D eigenvalue weighted by Crippen LogP contribution is 2.30. The van der Waals surface area contributed by atoms with E-state index in [1.54, 1.807) is 11.3 Å². The van der Waals surface area contributed by atoms with E-state index < -0.39 is 0 Å². The summed E-state index contributed by atoms with van der Waals surface area (Å²) in [5.74, 6) is 0.159. The van der Waals surface area contributed by atoms with Crippen molar-refractivity contribution in [2.45, 2.75) is 19.3 Å². The molecule has 21 heavy (non-hydrogen) atoms. The topological polar surface area (TPSA) is 32.9 Å². The minimum atomic E-state index is 0.159. The van der Waals surface area contributed by atoms with Crippen molar-refractivity contribution < 1.29 is 4.79 Å². The lowest BCUT2D eigenvalue weighted by molar-refractivity contribution is 0.103. The molecule has 0 atom stereocenters. The van der Waals surface area contributed by atoms with Crippen LogP contribution in [0, 0.1) is 0 Å². The van der Waals surface area contributed by atoms with Crippen LogP contribution in [0.15, 0.2) is 47.5 Å². The van der Waals surface area contributed by atoms with Crippen molar-refractivity contribution in [2.75, 3.05) is 0 Å². The van der Waals surface area contributed by atoms with E-state index in [4.69, 9.17) is 0 Å². The quantitative estimate of drug-likeness (QED) is 0.674. The molecule has 0 amide bonds. The van der Waals surface area contributed by atoms with E-state index in [9.17, 15) is 4.79 Å². The maximum absolute atomic E-state index is 12.9. The van der Waals surface area contributed by atoms with E-state index in [2.05, 4.69) is 22.5 Å². The normalized spacial score (nSPS) is 14.6. The van der Waals surface area contributed by atoms with Crippen LogP contribution in [0.3, 0.4) is 0 Å². The highest BCUT2D eigenvalue weighted by atomic mass is 32.1. The third kappa shape index (κ3) is 2.14. The zero-order valence-corrected chi connectivity index (χ0v) is 12.4. The number of ketones is 1. The molecule has 0 saturated carbocycles. The number of aromatic nitrogens is 1. The molecule has 1 aliphatic rings. The lowest BCUT2D eigenvalue weighted by atomic mass is 9.98. The second kappa shape index (κ2) is 5.01. The molecule has 0 spiro atoms. The number of para-hydroxylation sites is 1. The van der Waals surface area contributed by atoms with E-state index in [0.29, 0.717) is 0 Å². The molecule has 1 aliphatic carbocycles. The van der Waals surface area contributed by atoms with E-state index in [1.165, 1.54) is 10.4 Å². The summed E-state index contributed by atoms with van der Waals surface area (Å²) in [6, 6.07) is 10.1. The molecule has 3 heteroatoms. The molecule has 4 rings (SSSR count). The van der Waals surface area contributed by atoms with E-state index >= 15 is 0 Å². The summed E-state index contributed by atoms with van der Waals surface area (Å²) in [4.78, 5) is 17.5. The first-order valence-corrected chi connectivity index (χ1v) is 8.08. The van der Waals surface area contributed by atoms with Gasteiger partial charge in [0.05, 0.1) is 0 Å². The smallest absolute Gasteiger partial charge is 0.191 e. The Hall–Kier alpha value is -2.13. The average Bonchev–Trinajstić information content (AvgIpc) is 3.08. The first-order valence-electron chi connectivity index (χ1n) is 7.21. The predicted octanol–water partition coefficient (Wildman–Crippen LogP) is 4.83. The summed E-state index contributed by atoms with van der Waals surface area (Å²) in [5, 5.41) is 3.12. The maximum atomic E-state index is 12.9. The van der Waals surface area contributed by atoms with Crippen LogP contribution in [0.25, 0.3) is 17.0 Å². The molecule has 0 radical (unpaired) electrons. The number of fused-ring (bicyclic) bond motifs is 2. The summed E-state index contributed by atoms with van der Waals surface area (Å²) in [6.45, 7) is 0. The second-order valence-corrected chi connectivity index (χ2v) is 6.40. The zero-order valence-electron chi connectivity index (χ0n) is 11.6. The van der Waals surface area contributed by atoms with Gasteiger partial charge >= 0.3 is 0 Å². The summed E-state index contributed by atoms with van der Waals surface area (Å²) >= 11 is 1.79. The van der Waals surface area contributed by atoms with Crippen molar-refractivity contribution in [1.29, 1.82) is 0 Å². The Balaban J connectivity index is 1.78. The fourth-order valence-electron chi connectivity index (χ4n) is 2.99. The molecule has 3 aromatic rings. The lowest BCUT2D eigenvalue weighted by Gasteiger charge is -2.03. The summed E-state index contributed by atoms with van der Waals surface area (Å²) in [7, 11) is 0. The molecule has 104 valence electrons. The minimum absolute atomic E-state index is 0.159. The van der Waals surface area contributed by atoms with Crippen LogP contribution in [-0.4, -0.2) is 10.8 Å². The molecule has 1 aromatic carbocycles. The van der Waals surface area contributed by atoms with Gasteiger partial charge in [0, 0.05) is 33.1 Å². The minimum Gasteiger partial charge on any atom is -0.360 e. The van der Waals surface area contributed by atoms with Crippen molar-refractivity contribution in [3.63, 3.8) is 0 Å². The number of H-pyrrole nitrogens is 1. The number of benzene rings is 1. The van der Waals surface area contributed by atoms with Crippen LogP contribution in [-0.2, 0) is 6.42 Å². The Morgan fingerprint density at radius 1 is 1.14 bits per heavy atom. The van der Waals surface area contributed by atoms with Crippen molar-refractivity contribution >= 4 is 34.1 Å². The van der Waals surface area contributed by atoms with Gasteiger partial charge in [-0.2, -0.15) is 0 Å². The van der Waals surface area contributed by atoms with Gasteiger partial charge in [0.2, 0.25) is 0 Å². The van der Waals surface area contributed by atoms with Gasteiger partial charge in [0.1, 0.15) is 0 Å². The van der Waals surface area contributed by atoms with Gasteiger partial charge in [0.15, 0.2) is 5.78 Å². The highest BCUT2D eigenvalue weighted by Gasteiger charge is 2.19. The zero-order chi connectivity index (χ0) is 14.2. The molecule has 2 aromatic heterocycles. The Kier molecular flexibility index (Phi) is 3.00. The van der Waals surface area contributed by atoms with Gasteiger partial charge in [0.25, 0.3) is 0 Å². The standard InChI is InChI=1S/C18H15NOS/c20-18(15-11-19-16-6-2-1-5-14(15)16)13-4-3-7-17-12(10-13)8-9-21-17/h1-2,5-6,8-11,19H,3-4,7H2. The molecule has 2 heterocycles. The number of rotatable bonds is 2. The average molecular weight is 293 g/mol. The summed E-state index contributed by atoms with van der Waals surface area (Å²) < 4.78 is 0. The summed E-state index contributed by atoms with van der Waals surface area (Å²) in [6.07, 6.45) is 6.91. The number of hydrogen-bond donors (Lipinski definition) is 1. The predicted molar refractivity (Wildman–Crippen MR) is 87.9 cm³/mol. The molecule has 0 aliphatic heterocycles. The summed E-state index contributed by atoms with van der Waals surface area (Å²) in [5.41, 5.74) is 3.96. The molecule has 2 nitrogen and oxygen atoms in total. The number of nitrogens with one attached hydrogen (secondary N) is 1.